The summed E-state index contributed by atoms with van der Waals surface area (Å²) in [7, 11) is 0. The third kappa shape index (κ3) is 2.56. The van der Waals surface area contributed by atoms with Crippen molar-refractivity contribution in [3.63, 3.8) is 0 Å². The first kappa shape index (κ1) is 11.5. The monoisotopic (exact) mass is 240 g/mol. The Labute approximate surface area is 98.8 Å². The Morgan fingerprint density at radius 3 is 3.00 bits per heavy atom. The molecule has 0 aromatic carbocycles. The van der Waals surface area contributed by atoms with Gasteiger partial charge >= 0.3 is 0 Å². The maximum Gasteiger partial charge on any atom is 0.265 e. The molecular weight excluding hydrogens is 224 g/mol. The summed E-state index contributed by atoms with van der Waals surface area (Å²) in [5.74, 6) is -0.0150. The van der Waals surface area contributed by atoms with Crippen molar-refractivity contribution in [2.45, 2.75) is 32.2 Å². The molecular formula is C10H16N4OS. The van der Waals surface area contributed by atoms with Gasteiger partial charge in [0, 0.05) is 6.04 Å². The lowest BCUT2D eigenvalue weighted by atomic mass is 10.1. The van der Waals surface area contributed by atoms with Crippen molar-refractivity contribution in [3.05, 3.63) is 10.6 Å². The van der Waals surface area contributed by atoms with E-state index in [2.05, 4.69) is 20.2 Å². The van der Waals surface area contributed by atoms with E-state index >= 15 is 0 Å². The molecule has 0 bridgehead atoms. The topological polar surface area (TPSA) is 66.9 Å². The molecule has 2 heterocycles. The Morgan fingerprint density at radius 1 is 1.56 bits per heavy atom. The molecule has 1 fully saturated rings. The molecule has 0 saturated carbocycles. The Hall–Kier alpha value is -1.01. The third-order valence-corrected chi connectivity index (χ3v) is 3.54. The number of carbonyl (C=O) groups is 1. The van der Waals surface area contributed by atoms with Crippen LogP contribution in [-0.2, 0) is 6.42 Å². The molecule has 2 rings (SSSR count). The Bertz CT molecular complexity index is 359. The van der Waals surface area contributed by atoms with Gasteiger partial charge < -0.3 is 10.6 Å². The summed E-state index contributed by atoms with van der Waals surface area (Å²) < 4.78 is 3.83. The van der Waals surface area contributed by atoms with Crippen molar-refractivity contribution in [2.24, 2.45) is 0 Å². The number of piperidine rings is 1. The molecule has 0 radical (unpaired) electrons. The van der Waals surface area contributed by atoms with Gasteiger partial charge in [0.05, 0.1) is 5.69 Å². The molecule has 16 heavy (non-hydrogen) atoms. The largest absolute Gasteiger partial charge is 0.348 e. The minimum absolute atomic E-state index is 0.0150. The molecule has 1 saturated heterocycles. The van der Waals surface area contributed by atoms with E-state index in [1.54, 1.807) is 0 Å². The summed E-state index contributed by atoms with van der Waals surface area (Å²) in [6.45, 7) is 3.94. The molecule has 5 nitrogen and oxygen atoms in total. The Balaban J connectivity index is 1.96. The second kappa shape index (κ2) is 5.36. The van der Waals surface area contributed by atoms with Crippen LogP contribution in [0.1, 0.15) is 35.1 Å². The maximum atomic E-state index is 12.0. The highest BCUT2D eigenvalue weighted by molar-refractivity contribution is 7.08. The smallest absolute Gasteiger partial charge is 0.265 e. The summed E-state index contributed by atoms with van der Waals surface area (Å²) in [5.41, 5.74) is 0.802. The SMILES string of the molecule is CCc1nnsc1C(=O)NC1CCNCC1. The number of aryl methyl sites for hydroxylation is 1. The predicted molar refractivity (Wildman–Crippen MR) is 62.6 cm³/mol. The molecule has 1 aromatic rings. The summed E-state index contributed by atoms with van der Waals surface area (Å²) in [4.78, 5) is 12.6. The van der Waals surface area contributed by atoms with E-state index < -0.39 is 0 Å². The number of amides is 1. The summed E-state index contributed by atoms with van der Waals surface area (Å²) in [5, 5.41) is 10.3. The van der Waals surface area contributed by atoms with Crippen LogP contribution < -0.4 is 10.6 Å². The molecule has 0 aliphatic carbocycles. The standard InChI is InChI=1S/C10H16N4OS/c1-2-8-9(16-14-13-8)10(15)12-7-3-5-11-6-4-7/h7,11H,2-6H2,1H3,(H,12,15). The highest BCUT2D eigenvalue weighted by Gasteiger charge is 2.20. The van der Waals surface area contributed by atoms with E-state index in [0.29, 0.717) is 10.9 Å². The molecule has 0 spiro atoms. The van der Waals surface area contributed by atoms with E-state index in [-0.39, 0.29) is 5.91 Å². The summed E-state index contributed by atoms with van der Waals surface area (Å²) >= 11 is 1.18. The number of nitrogens with one attached hydrogen (secondary N) is 2. The summed E-state index contributed by atoms with van der Waals surface area (Å²) in [6, 6.07) is 0.292. The van der Waals surface area contributed by atoms with Crippen molar-refractivity contribution in [2.75, 3.05) is 13.1 Å². The van der Waals surface area contributed by atoms with Crippen LogP contribution in [0.15, 0.2) is 0 Å². The van der Waals surface area contributed by atoms with E-state index in [0.717, 1.165) is 38.0 Å². The number of carbonyl (C=O) groups excluding carboxylic acids is 1. The van der Waals surface area contributed by atoms with Crippen molar-refractivity contribution in [1.82, 2.24) is 20.2 Å². The van der Waals surface area contributed by atoms with Crippen LogP contribution >= 0.6 is 11.5 Å². The normalized spacial score (nSPS) is 17.3. The lowest BCUT2D eigenvalue weighted by Gasteiger charge is -2.23. The first-order valence-electron chi connectivity index (χ1n) is 5.64. The fraction of sp³-hybridized carbons (Fsp3) is 0.700. The van der Waals surface area contributed by atoms with Gasteiger partial charge in [0.1, 0.15) is 4.88 Å². The highest BCUT2D eigenvalue weighted by Crippen LogP contribution is 2.12. The number of hydrogen-bond acceptors (Lipinski definition) is 5. The van der Waals surface area contributed by atoms with E-state index in [1.165, 1.54) is 11.5 Å². The molecule has 0 atom stereocenters. The highest BCUT2D eigenvalue weighted by atomic mass is 32.1. The van der Waals surface area contributed by atoms with Gasteiger partial charge in [-0.15, -0.1) is 5.10 Å². The van der Waals surface area contributed by atoms with Gasteiger partial charge in [0.15, 0.2) is 0 Å². The van der Waals surface area contributed by atoms with Gasteiger partial charge in [-0.1, -0.05) is 11.4 Å². The number of rotatable bonds is 3. The molecule has 2 N–H and O–H groups in total. The van der Waals surface area contributed by atoms with Crippen LogP contribution in [0, 0.1) is 0 Å². The van der Waals surface area contributed by atoms with Crippen LogP contribution in [0.2, 0.25) is 0 Å². The quantitative estimate of drug-likeness (QED) is 0.811. The molecule has 0 unspecified atom stereocenters. The van der Waals surface area contributed by atoms with Crippen LogP contribution in [-0.4, -0.2) is 34.6 Å². The van der Waals surface area contributed by atoms with Crippen LogP contribution in [0.4, 0.5) is 0 Å². The van der Waals surface area contributed by atoms with Crippen LogP contribution in [0.3, 0.4) is 0 Å². The van der Waals surface area contributed by atoms with E-state index in [1.807, 2.05) is 6.92 Å². The van der Waals surface area contributed by atoms with Crippen molar-refractivity contribution in [1.29, 1.82) is 0 Å². The van der Waals surface area contributed by atoms with Gasteiger partial charge in [0.2, 0.25) is 0 Å². The fourth-order valence-corrected chi connectivity index (χ4v) is 2.48. The van der Waals surface area contributed by atoms with Gasteiger partial charge in [-0.25, -0.2) is 0 Å². The zero-order valence-corrected chi connectivity index (χ0v) is 10.1. The van der Waals surface area contributed by atoms with Crippen LogP contribution in [0.25, 0.3) is 0 Å². The minimum Gasteiger partial charge on any atom is -0.348 e. The minimum atomic E-state index is -0.0150. The van der Waals surface area contributed by atoms with E-state index in [9.17, 15) is 4.79 Å². The molecule has 1 amide bonds. The molecule has 88 valence electrons. The predicted octanol–water partition coefficient (Wildman–Crippen LogP) is 0.582. The van der Waals surface area contributed by atoms with Gasteiger partial charge in [-0.3, -0.25) is 4.79 Å². The molecule has 1 aromatic heterocycles. The molecule has 1 aliphatic heterocycles. The lowest BCUT2D eigenvalue weighted by molar-refractivity contribution is 0.0932. The molecule has 1 aliphatic rings. The fourth-order valence-electron chi connectivity index (χ4n) is 1.83. The van der Waals surface area contributed by atoms with E-state index in [4.69, 9.17) is 0 Å². The van der Waals surface area contributed by atoms with Crippen molar-refractivity contribution < 1.29 is 4.79 Å². The first-order chi connectivity index (χ1) is 7.81. The first-order valence-corrected chi connectivity index (χ1v) is 6.41. The molecule has 6 heteroatoms. The zero-order valence-electron chi connectivity index (χ0n) is 9.32. The second-order valence-corrected chi connectivity index (χ2v) is 4.65. The number of nitrogens with zero attached hydrogens (tertiary/aromatic N) is 2. The summed E-state index contributed by atoms with van der Waals surface area (Å²) in [6.07, 6.45) is 2.75. The Morgan fingerprint density at radius 2 is 2.31 bits per heavy atom. The third-order valence-electron chi connectivity index (χ3n) is 2.77. The van der Waals surface area contributed by atoms with Gasteiger partial charge in [0.25, 0.3) is 5.91 Å². The number of hydrogen-bond donors (Lipinski definition) is 2. The second-order valence-electron chi connectivity index (χ2n) is 3.90. The number of aromatic nitrogens is 2. The average molecular weight is 240 g/mol. The van der Waals surface area contributed by atoms with Crippen molar-refractivity contribution in [3.8, 4) is 0 Å². The Kier molecular flexibility index (Phi) is 3.84. The lowest BCUT2D eigenvalue weighted by Crippen LogP contribution is -2.42. The maximum absolute atomic E-state index is 12.0. The van der Waals surface area contributed by atoms with Crippen LogP contribution in [0.5, 0.6) is 0 Å². The van der Waals surface area contributed by atoms with Gasteiger partial charge in [-0.05, 0) is 43.9 Å². The zero-order chi connectivity index (χ0) is 11.4. The van der Waals surface area contributed by atoms with Gasteiger partial charge in [-0.2, -0.15) is 0 Å². The van der Waals surface area contributed by atoms with Crippen molar-refractivity contribution >= 4 is 17.4 Å². The average Bonchev–Trinajstić information content (AvgIpc) is 2.78.